The Labute approximate surface area is 129 Å². The van der Waals surface area contributed by atoms with Crippen molar-refractivity contribution in [2.75, 3.05) is 10.6 Å². The monoisotopic (exact) mass is 329 g/mol. The molecule has 2 rings (SSSR count). The average molecular weight is 330 g/mol. The lowest BCUT2D eigenvalue weighted by Crippen LogP contribution is -2.20. The van der Waals surface area contributed by atoms with E-state index in [-0.39, 0.29) is 23.1 Å². The van der Waals surface area contributed by atoms with E-state index in [2.05, 4.69) is 10.6 Å². The number of halogens is 4. The topological polar surface area (TPSA) is 68.1 Å². The summed E-state index contributed by atoms with van der Waals surface area (Å²) in [6, 6.07) is 8.63. The van der Waals surface area contributed by atoms with E-state index < -0.39 is 11.7 Å². The second kappa shape index (κ2) is 6.15. The molecule has 0 saturated heterocycles. The summed E-state index contributed by atoms with van der Waals surface area (Å²) in [5.74, 6) is -0.447. The van der Waals surface area contributed by atoms with Crippen molar-refractivity contribution in [2.24, 2.45) is 0 Å². The molecule has 0 fully saturated rings. The van der Waals surface area contributed by atoms with Gasteiger partial charge in [0, 0.05) is 10.7 Å². The third kappa shape index (κ3) is 4.05. The Kier molecular flexibility index (Phi) is 4.46. The summed E-state index contributed by atoms with van der Waals surface area (Å²) in [6.07, 6.45) is -4.46. The van der Waals surface area contributed by atoms with Crippen LogP contribution in [0.5, 0.6) is 5.75 Å². The summed E-state index contributed by atoms with van der Waals surface area (Å²) in [6.45, 7) is 0. The molecular formula is C14H11ClF3N3O. The zero-order valence-corrected chi connectivity index (χ0v) is 11.8. The van der Waals surface area contributed by atoms with Crippen molar-refractivity contribution in [1.82, 2.24) is 0 Å². The molecule has 0 spiro atoms. The van der Waals surface area contributed by atoms with Crippen LogP contribution in [0.25, 0.3) is 0 Å². The first-order chi connectivity index (χ1) is 10.3. The molecule has 2 aromatic rings. The van der Waals surface area contributed by atoms with Gasteiger partial charge in [0.15, 0.2) is 5.96 Å². The smallest absolute Gasteiger partial charge is 0.416 e. The number of rotatable bonds is 2. The fraction of sp³-hybridized carbons (Fsp3) is 0.0714. The van der Waals surface area contributed by atoms with Gasteiger partial charge in [-0.1, -0.05) is 17.7 Å². The highest BCUT2D eigenvalue weighted by atomic mass is 35.5. The lowest BCUT2D eigenvalue weighted by molar-refractivity contribution is -0.137. The van der Waals surface area contributed by atoms with Crippen LogP contribution in [0.2, 0.25) is 5.02 Å². The van der Waals surface area contributed by atoms with Crippen LogP contribution in [0.3, 0.4) is 0 Å². The van der Waals surface area contributed by atoms with Gasteiger partial charge in [-0.15, -0.1) is 0 Å². The third-order valence-electron chi connectivity index (χ3n) is 2.68. The Morgan fingerprint density at radius 2 is 1.82 bits per heavy atom. The minimum atomic E-state index is -4.46. The first-order valence-corrected chi connectivity index (χ1v) is 6.42. The lowest BCUT2D eigenvalue weighted by Gasteiger charge is -2.13. The van der Waals surface area contributed by atoms with Gasteiger partial charge in [-0.05, 0) is 36.4 Å². The second-order valence-electron chi connectivity index (χ2n) is 4.37. The predicted octanol–water partition coefficient (Wildman–Crippen LogP) is 4.52. The van der Waals surface area contributed by atoms with Gasteiger partial charge < -0.3 is 15.7 Å². The molecule has 0 bridgehead atoms. The zero-order chi connectivity index (χ0) is 16.3. The summed E-state index contributed by atoms with van der Waals surface area (Å²) in [5, 5.41) is 22.6. The Bertz CT molecular complexity index is 704. The SMILES string of the molecule is N=C(Nc1cccc(C(F)(F)F)c1)Nc1cc(Cl)ccc1O. The van der Waals surface area contributed by atoms with Crippen molar-refractivity contribution < 1.29 is 18.3 Å². The number of guanidine groups is 1. The largest absolute Gasteiger partial charge is 0.506 e. The van der Waals surface area contributed by atoms with Gasteiger partial charge >= 0.3 is 6.18 Å². The Balaban J connectivity index is 2.11. The number of alkyl halides is 3. The maximum absolute atomic E-state index is 12.6. The van der Waals surface area contributed by atoms with E-state index in [1.165, 1.54) is 30.3 Å². The number of anilines is 2. The Hall–Kier alpha value is -2.41. The van der Waals surface area contributed by atoms with E-state index in [4.69, 9.17) is 17.0 Å². The maximum atomic E-state index is 12.6. The Morgan fingerprint density at radius 3 is 2.50 bits per heavy atom. The predicted molar refractivity (Wildman–Crippen MR) is 79.5 cm³/mol. The molecule has 4 nitrogen and oxygen atoms in total. The molecule has 0 amide bonds. The van der Waals surface area contributed by atoms with Crippen LogP contribution in [0, 0.1) is 5.41 Å². The normalized spacial score (nSPS) is 11.1. The summed E-state index contributed by atoms with van der Waals surface area (Å²) >= 11 is 5.76. The molecule has 0 radical (unpaired) electrons. The highest BCUT2D eigenvalue weighted by molar-refractivity contribution is 6.31. The summed E-state index contributed by atoms with van der Waals surface area (Å²) in [5.41, 5.74) is -0.568. The quantitative estimate of drug-likeness (QED) is 0.372. The Morgan fingerprint density at radius 1 is 1.09 bits per heavy atom. The molecule has 0 aliphatic heterocycles. The van der Waals surface area contributed by atoms with Crippen molar-refractivity contribution in [2.45, 2.75) is 6.18 Å². The van der Waals surface area contributed by atoms with Crippen LogP contribution in [0.4, 0.5) is 24.5 Å². The molecule has 0 aliphatic carbocycles. The van der Waals surface area contributed by atoms with Gasteiger partial charge in [-0.2, -0.15) is 13.2 Å². The molecule has 0 heterocycles. The van der Waals surface area contributed by atoms with Crippen molar-refractivity contribution in [3.05, 3.63) is 53.1 Å². The minimum Gasteiger partial charge on any atom is -0.506 e. The van der Waals surface area contributed by atoms with Gasteiger partial charge in [0.2, 0.25) is 0 Å². The van der Waals surface area contributed by atoms with Crippen molar-refractivity contribution in [3.63, 3.8) is 0 Å². The standard InChI is InChI=1S/C14H11ClF3N3O/c15-9-4-5-12(22)11(7-9)21-13(19)20-10-3-1-2-8(6-10)14(16,17)18/h1-7,22H,(H3,19,20,21). The lowest BCUT2D eigenvalue weighted by atomic mass is 10.2. The summed E-state index contributed by atoms with van der Waals surface area (Å²) in [4.78, 5) is 0. The fourth-order valence-corrected chi connectivity index (χ4v) is 1.86. The molecule has 4 N–H and O–H groups in total. The van der Waals surface area contributed by atoms with Crippen LogP contribution in [0.15, 0.2) is 42.5 Å². The van der Waals surface area contributed by atoms with Gasteiger partial charge in [0.25, 0.3) is 0 Å². The number of phenols is 1. The maximum Gasteiger partial charge on any atom is 0.416 e. The van der Waals surface area contributed by atoms with Crippen molar-refractivity contribution >= 4 is 28.9 Å². The number of phenolic OH excluding ortho intramolecular Hbond substituents is 1. The van der Waals surface area contributed by atoms with Gasteiger partial charge in [-0.25, -0.2) is 0 Å². The molecule has 0 aliphatic rings. The van der Waals surface area contributed by atoms with Gasteiger partial charge in [0.1, 0.15) is 5.75 Å². The van der Waals surface area contributed by atoms with Crippen LogP contribution < -0.4 is 10.6 Å². The number of hydrogen-bond donors (Lipinski definition) is 4. The van der Waals surface area contributed by atoms with E-state index in [1.807, 2.05) is 0 Å². The number of nitrogens with one attached hydrogen (secondary N) is 3. The van der Waals surface area contributed by atoms with Gasteiger partial charge in [-0.3, -0.25) is 5.41 Å². The van der Waals surface area contributed by atoms with E-state index >= 15 is 0 Å². The molecule has 0 aromatic heterocycles. The number of benzene rings is 2. The van der Waals surface area contributed by atoms with E-state index in [0.717, 1.165) is 12.1 Å². The molecule has 116 valence electrons. The molecule has 0 saturated carbocycles. The van der Waals surface area contributed by atoms with Crippen LogP contribution >= 0.6 is 11.6 Å². The van der Waals surface area contributed by atoms with E-state index in [0.29, 0.717) is 5.02 Å². The second-order valence-corrected chi connectivity index (χ2v) is 4.80. The highest BCUT2D eigenvalue weighted by Crippen LogP contribution is 2.31. The molecule has 8 heteroatoms. The third-order valence-corrected chi connectivity index (χ3v) is 2.91. The van der Waals surface area contributed by atoms with E-state index in [9.17, 15) is 18.3 Å². The molecule has 0 unspecified atom stereocenters. The van der Waals surface area contributed by atoms with Gasteiger partial charge in [0.05, 0.1) is 11.3 Å². The fourth-order valence-electron chi connectivity index (χ4n) is 1.69. The van der Waals surface area contributed by atoms with Crippen LogP contribution in [-0.2, 0) is 6.18 Å². The minimum absolute atomic E-state index is 0.0915. The molecule has 22 heavy (non-hydrogen) atoms. The zero-order valence-electron chi connectivity index (χ0n) is 11.0. The highest BCUT2D eigenvalue weighted by Gasteiger charge is 2.30. The van der Waals surface area contributed by atoms with Crippen LogP contribution in [0.1, 0.15) is 5.56 Å². The van der Waals surface area contributed by atoms with Crippen LogP contribution in [-0.4, -0.2) is 11.1 Å². The summed E-state index contributed by atoms with van der Waals surface area (Å²) < 4.78 is 37.8. The van der Waals surface area contributed by atoms with Crippen molar-refractivity contribution in [1.29, 1.82) is 5.41 Å². The number of hydrogen-bond acceptors (Lipinski definition) is 2. The summed E-state index contributed by atoms with van der Waals surface area (Å²) in [7, 11) is 0. The molecular weight excluding hydrogens is 319 g/mol. The molecule has 0 atom stereocenters. The first kappa shape index (κ1) is 16.0. The van der Waals surface area contributed by atoms with Crippen molar-refractivity contribution in [3.8, 4) is 5.75 Å². The average Bonchev–Trinajstić information content (AvgIpc) is 2.42. The molecule has 2 aromatic carbocycles. The first-order valence-electron chi connectivity index (χ1n) is 6.04. The van der Waals surface area contributed by atoms with E-state index in [1.54, 1.807) is 0 Å². The number of aromatic hydroxyl groups is 1.